The number of rotatable bonds is 1. The van der Waals surface area contributed by atoms with Crippen LogP contribution in [0.15, 0.2) is 28.9 Å². The molecular formula is C14H9BrN4. The highest BCUT2D eigenvalue weighted by molar-refractivity contribution is 9.10. The molecule has 1 aromatic carbocycles. The maximum atomic E-state index is 9.23. The van der Waals surface area contributed by atoms with Crippen LogP contribution in [0.4, 0.5) is 5.69 Å². The van der Waals surface area contributed by atoms with Crippen LogP contribution in [0.3, 0.4) is 0 Å². The van der Waals surface area contributed by atoms with Gasteiger partial charge in [0.25, 0.3) is 0 Å². The number of nitrogens with two attached hydrogens (primary N) is 1. The van der Waals surface area contributed by atoms with E-state index in [4.69, 9.17) is 11.0 Å². The van der Waals surface area contributed by atoms with Crippen molar-refractivity contribution < 1.29 is 0 Å². The molecule has 0 saturated carbocycles. The smallest absolute Gasteiger partial charge is 0.126 e. The van der Waals surface area contributed by atoms with Crippen LogP contribution in [0, 0.1) is 29.6 Å². The van der Waals surface area contributed by atoms with Crippen molar-refractivity contribution in [1.82, 2.24) is 4.98 Å². The van der Waals surface area contributed by atoms with Gasteiger partial charge in [-0.25, -0.2) is 4.98 Å². The number of nitrogens with zero attached hydrogens (tertiary/aromatic N) is 3. The number of pyridine rings is 1. The first-order valence-corrected chi connectivity index (χ1v) is 6.24. The average Bonchev–Trinajstić information content (AvgIpc) is 2.39. The highest BCUT2D eigenvalue weighted by Gasteiger charge is 2.17. The fourth-order valence-corrected chi connectivity index (χ4v) is 2.19. The van der Waals surface area contributed by atoms with Gasteiger partial charge in [0.05, 0.1) is 11.4 Å². The lowest BCUT2D eigenvalue weighted by Crippen LogP contribution is -2.02. The molecule has 0 unspecified atom stereocenters. The highest BCUT2D eigenvalue weighted by atomic mass is 79.9. The number of nitrogen functional groups attached to an aromatic ring is 1. The zero-order chi connectivity index (χ0) is 14.0. The van der Waals surface area contributed by atoms with Crippen LogP contribution in [0.2, 0.25) is 0 Å². The minimum Gasteiger partial charge on any atom is -0.396 e. The monoisotopic (exact) mass is 312 g/mol. The third-order valence-corrected chi connectivity index (χ3v) is 3.31. The van der Waals surface area contributed by atoms with Crippen LogP contribution in [-0.4, -0.2) is 4.98 Å². The number of benzene rings is 1. The molecular weight excluding hydrogens is 304 g/mol. The van der Waals surface area contributed by atoms with Gasteiger partial charge in [-0.15, -0.1) is 0 Å². The quantitative estimate of drug-likeness (QED) is 0.819. The predicted octanol–water partition coefficient (Wildman–Crippen LogP) is 3.15. The van der Waals surface area contributed by atoms with E-state index in [2.05, 4.69) is 20.9 Å². The van der Waals surface area contributed by atoms with Gasteiger partial charge in [-0.05, 0) is 22.9 Å². The molecule has 0 aliphatic heterocycles. The molecule has 0 spiro atoms. The van der Waals surface area contributed by atoms with E-state index in [1.54, 1.807) is 0 Å². The first-order chi connectivity index (χ1) is 9.08. The van der Waals surface area contributed by atoms with Crippen molar-refractivity contribution in [2.75, 3.05) is 5.73 Å². The third kappa shape index (κ3) is 2.29. The topological polar surface area (TPSA) is 86.5 Å². The molecule has 1 heterocycles. The summed E-state index contributed by atoms with van der Waals surface area (Å²) in [7, 11) is 0. The molecule has 0 aliphatic rings. The SMILES string of the molecule is Cc1ccc(-c2nc(Br)c(C#N)c(N)c2C#N)cc1. The third-order valence-electron chi connectivity index (χ3n) is 2.74. The van der Waals surface area contributed by atoms with Gasteiger partial charge in [-0.2, -0.15) is 10.5 Å². The number of anilines is 1. The molecule has 2 rings (SSSR count). The van der Waals surface area contributed by atoms with Crippen LogP contribution in [0.5, 0.6) is 0 Å². The zero-order valence-electron chi connectivity index (χ0n) is 10.1. The summed E-state index contributed by atoms with van der Waals surface area (Å²) in [5.74, 6) is 0. The Morgan fingerprint density at radius 3 is 2.21 bits per heavy atom. The van der Waals surface area contributed by atoms with Gasteiger partial charge >= 0.3 is 0 Å². The van der Waals surface area contributed by atoms with Gasteiger partial charge in [0.1, 0.15) is 27.9 Å². The summed E-state index contributed by atoms with van der Waals surface area (Å²) in [5, 5.41) is 18.2. The zero-order valence-corrected chi connectivity index (χ0v) is 11.7. The molecule has 0 saturated heterocycles. The number of hydrogen-bond donors (Lipinski definition) is 1. The second kappa shape index (κ2) is 5.09. The van der Waals surface area contributed by atoms with E-state index in [0.717, 1.165) is 11.1 Å². The fraction of sp³-hybridized carbons (Fsp3) is 0.0714. The van der Waals surface area contributed by atoms with Crippen molar-refractivity contribution in [3.63, 3.8) is 0 Å². The van der Waals surface area contributed by atoms with E-state index < -0.39 is 0 Å². The van der Waals surface area contributed by atoms with Crippen molar-refractivity contribution in [2.24, 2.45) is 0 Å². The van der Waals surface area contributed by atoms with Crippen molar-refractivity contribution in [2.45, 2.75) is 6.92 Å². The molecule has 5 heteroatoms. The standard InChI is InChI=1S/C14H9BrN4/c1-8-2-4-9(5-3-8)13-10(6-16)12(18)11(7-17)14(15)19-13/h2-5H,1H3,(H2,18,19). The van der Waals surface area contributed by atoms with E-state index in [1.165, 1.54) is 0 Å². The van der Waals surface area contributed by atoms with E-state index >= 15 is 0 Å². The molecule has 0 aliphatic carbocycles. The van der Waals surface area contributed by atoms with Gasteiger partial charge in [-0.3, -0.25) is 0 Å². The second-order valence-corrected chi connectivity index (χ2v) is 4.76. The average molecular weight is 313 g/mol. The van der Waals surface area contributed by atoms with Crippen LogP contribution < -0.4 is 5.73 Å². The maximum absolute atomic E-state index is 9.23. The largest absolute Gasteiger partial charge is 0.396 e. The minimum absolute atomic E-state index is 0.155. The molecule has 0 radical (unpaired) electrons. The van der Waals surface area contributed by atoms with E-state index in [1.807, 2.05) is 43.3 Å². The Labute approximate surface area is 119 Å². The molecule has 1 aromatic heterocycles. The summed E-state index contributed by atoms with van der Waals surface area (Å²) in [5.41, 5.74) is 8.81. The molecule has 19 heavy (non-hydrogen) atoms. The van der Waals surface area contributed by atoms with Gasteiger partial charge < -0.3 is 5.73 Å². The lowest BCUT2D eigenvalue weighted by atomic mass is 10.0. The molecule has 2 N–H and O–H groups in total. The summed E-state index contributed by atoms with van der Waals surface area (Å²) >= 11 is 3.21. The Bertz CT molecular complexity index is 721. The van der Waals surface area contributed by atoms with E-state index in [0.29, 0.717) is 10.3 Å². The molecule has 0 atom stereocenters. The van der Waals surface area contributed by atoms with Crippen LogP contribution in [-0.2, 0) is 0 Å². The molecule has 92 valence electrons. The summed E-state index contributed by atoms with van der Waals surface area (Å²) in [6.45, 7) is 1.98. The van der Waals surface area contributed by atoms with E-state index in [9.17, 15) is 5.26 Å². The first kappa shape index (κ1) is 13.1. The Hall–Kier alpha value is -2.37. The van der Waals surface area contributed by atoms with Crippen molar-refractivity contribution in [1.29, 1.82) is 10.5 Å². The van der Waals surface area contributed by atoms with Crippen LogP contribution in [0.1, 0.15) is 16.7 Å². The van der Waals surface area contributed by atoms with Gasteiger partial charge in [-0.1, -0.05) is 29.8 Å². The Kier molecular flexibility index (Phi) is 3.50. The molecule has 0 fully saturated rings. The van der Waals surface area contributed by atoms with Gasteiger partial charge in [0.15, 0.2) is 0 Å². The Morgan fingerprint density at radius 2 is 1.68 bits per heavy atom. The summed E-state index contributed by atoms with van der Waals surface area (Å²) in [6.07, 6.45) is 0. The van der Waals surface area contributed by atoms with Crippen molar-refractivity contribution in [3.05, 3.63) is 45.6 Å². The minimum atomic E-state index is 0.155. The molecule has 2 aromatic rings. The number of halogens is 1. The number of aromatic nitrogens is 1. The fourth-order valence-electron chi connectivity index (χ4n) is 1.71. The van der Waals surface area contributed by atoms with E-state index in [-0.39, 0.29) is 16.8 Å². The normalized spacial score (nSPS) is 9.68. The molecule has 0 bridgehead atoms. The van der Waals surface area contributed by atoms with Crippen LogP contribution >= 0.6 is 15.9 Å². The van der Waals surface area contributed by atoms with Crippen molar-refractivity contribution >= 4 is 21.6 Å². The Morgan fingerprint density at radius 1 is 1.11 bits per heavy atom. The lowest BCUT2D eigenvalue weighted by Gasteiger charge is -2.09. The number of aryl methyl sites for hydroxylation is 1. The summed E-state index contributed by atoms with van der Waals surface area (Å²) in [6, 6.07) is 11.6. The number of nitriles is 2. The molecule has 0 amide bonds. The summed E-state index contributed by atoms with van der Waals surface area (Å²) < 4.78 is 0.349. The van der Waals surface area contributed by atoms with Crippen LogP contribution in [0.25, 0.3) is 11.3 Å². The lowest BCUT2D eigenvalue weighted by molar-refractivity contribution is 1.24. The number of hydrogen-bond acceptors (Lipinski definition) is 4. The van der Waals surface area contributed by atoms with Gasteiger partial charge in [0.2, 0.25) is 0 Å². The first-order valence-electron chi connectivity index (χ1n) is 5.44. The summed E-state index contributed by atoms with van der Waals surface area (Å²) in [4.78, 5) is 4.27. The highest BCUT2D eigenvalue weighted by Crippen LogP contribution is 2.31. The molecule has 4 nitrogen and oxygen atoms in total. The second-order valence-electron chi connectivity index (χ2n) is 4.00. The van der Waals surface area contributed by atoms with Crippen molar-refractivity contribution in [3.8, 4) is 23.4 Å². The van der Waals surface area contributed by atoms with Gasteiger partial charge in [0, 0.05) is 5.56 Å². The Balaban J connectivity index is 2.75. The maximum Gasteiger partial charge on any atom is 0.126 e. The predicted molar refractivity (Wildman–Crippen MR) is 76.0 cm³/mol.